The highest BCUT2D eigenvalue weighted by Gasteiger charge is 2.27. The van der Waals surface area contributed by atoms with Gasteiger partial charge in [-0.1, -0.05) is 24.3 Å². The summed E-state index contributed by atoms with van der Waals surface area (Å²) in [6.07, 6.45) is 0.0515. The van der Waals surface area contributed by atoms with E-state index in [2.05, 4.69) is 0 Å². The molecular formula is C14H10F2O. The minimum absolute atomic E-state index is 0.0515. The molecule has 1 atom stereocenters. The Morgan fingerprint density at radius 1 is 1.00 bits per heavy atom. The summed E-state index contributed by atoms with van der Waals surface area (Å²) in [6.45, 7) is 0.666. The second-order valence-electron chi connectivity index (χ2n) is 4.03. The Hall–Kier alpha value is -1.74. The maximum atomic E-state index is 13.7. The van der Waals surface area contributed by atoms with Gasteiger partial charge in [0.15, 0.2) is 0 Å². The fraction of sp³-hybridized carbons (Fsp3) is 0.143. The molecule has 1 heterocycles. The van der Waals surface area contributed by atoms with E-state index < -0.39 is 11.6 Å². The summed E-state index contributed by atoms with van der Waals surface area (Å²) in [5.41, 5.74) is 2.14. The van der Waals surface area contributed by atoms with E-state index in [0.717, 1.165) is 17.2 Å². The number of halogens is 2. The van der Waals surface area contributed by atoms with E-state index in [1.54, 1.807) is 0 Å². The van der Waals surface area contributed by atoms with Crippen molar-refractivity contribution in [3.8, 4) is 11.1 Å². The third-order valence-corrected chi connectivity index (χ3v) is 2.86. The maximum Gasteiger partial charge on any atom is 0.133 e. The molecule has 17 heavy (non-hydrogen) atoms. The molecule has 2 aromatic rings. The first kappa shape index (κ1) is 10.4. The zero-order valence-corrected chi connectivity index (χ0v) is 8.99. The highest BCUT2D eigenvalue weighted by atomic mass is 19.1. The zero-order valence-electron chi connectivity index (χ0n) is 8.99. The molecule has 0 N–H and O–H groups in total. The molecule has 2 aromatic carbocycles. The van der Waals surface area contributed by atoms with E-state index in [1.165, 1.54) is 12.1 Å². The first-order valence-corrected chi connectivity index (χ1v) is 5.41. The quantitative estimate of drug-likeness (QED) is 0.719. The summed E-state index contributed by atoms with van der Waals surface area (Å²) in [6, 6.07) is 11.1. The van der Waals surface area contributed by atoms with Crippen LogP contribution >= 0.6 is 0 Å². The fourth-order valence-corrected chi connectivity index (χ4v) is 1.96. The van der Waals surface area contributed by atoms with Crippen LogP contribution in [-0.2, 0) is 4.74 Å². The molecule has 3 heteroatoms. The molecule has 86 valence electrons. The summed E-state index contributed by atoms with van der Waals surface area (Å²) in [5, 5.41) is 0. The van der Waals surface area contributed by atoms with Crippen LogP contribution in [0, 0.1) is 11.6 Å². The Balaban J connectivity index is 2.14. The van der Waals surface area contributed by atoms with E-state index in [0.29, 0.717) is 12.2 Å². The SMILES string of the molecule is Fc1ccc(-c2ccccc2C2CO2)c(F)c1. The van der Waals surface area contributed by atoms with Crippen LogP contribution < -0.4 is 0 Å². The number of hydrogen-bond acceptors (Lipinski definition) is 1. The van der Waals surface area contributed by atoms with Crippen LogP contribution in [0.5, 0.6) is 0 Å². The van der Waals surface area contributed by atoms with E-state index in [1.807, 2.05) is 24.3 Å². The van der Waals surface area contributed by atoms with Gasteiger partial charge >= 0.3 is 0 Å². The molecule has 1 nitrogen and oxygen atoms in total. The normalized spacial score (nSPS) is 18.1. The lowest BCUT2D eigenvalue weighted by atomic mass is 9.97. The lowest BCUT2D eigenvalue weighted by Gasteiger charge is -2.08. The Kier molecular flexibility index (Phi) is 2.41. The summed E-state index contributed by atoms with van der Waals surface area (Å²) < 4.78 is 31.8. The Bertz CT molecular complexity index is 562. The monoisotopic (exact) mass is 232 g/mol. The summed E-state index contributed by atoms with van der Waals surface area (Å²) in [5.74, 6) is -1.11. The smallest absolute Gasteiger partial charge is 0.133 e. The van der Waals surface area contributed by atoms with Crippen LogP contribution in [0.15, 0.2) is 42.5 Å². The van der Waals surface area contributed by atoms with Gasteiger partial charge in [-0.05, 0) is 23.3 Å². The lowest BCUT2D eigenvalue weighted by Crippen LogP contribution is -1.91. The fourth-order valence-electron chi connectivity index (χ4n) is 1.96. The average molecular weight is 232 g/mol. The minimum atomic E-state index is -0.564. The first-order valence-electron chi connectivity index (χ1n) is 5.41. The van der Waals surface area contributed by atoms with Crippen molar-refractivity contribution in [2.24, 2.45) is 0 Å². The van der Waals surface area contributed by atoms with E-state index in [4.69, 9.17) is 4.74 Å². The minimum Gasteiger partial charge on any atom is -0.368 e. The highest BCUT2D eigenvalue weighted by molar-refractivity contribution is 5.68. The number of ether oxygens (including phenoxy) is 1. The van der Waals surface area contributed by atoms with Gasteiger partial charge in [-0.15, -0.1) is 0 Å². The molecule has 0 radical (unpaired) electrons. The topological polar surface area (TPSA) is 12.5 Å². The predicted octanol–water partition coefficient (Wildman–Crippen LogP) is 3.70. The number of epoxide rings is 1. The largest absolute Gasteiger partial charge is 0.368 e. The van der Waals surface area contributed by atoms with E-state index in [-0.39, 0.29) is 6.10 Å². The van der Waals surface area contributed by atoms with Crippen LogP contribution in [0.4, 0.5) is 8.78 Å². The second kappa shape index (κ2) is 3.93. The summed E-state index contributed by atoms with van der Waals surface area (Å²) >= 11 is 0. The number of benzene rings is 2. The highest BCUT2D eigenvalue weighted by Crippen LogP contribution is 2.37. The van der Waals surface area contributed by atoms with Crippen LogP contribution in [0.1, 0.15) is 11.7 Å². The molecule has 0 amide bonds. The molecule has 0 aromatic heterocycles. The molecule has 1 unspecified atom stereocenters. The van der Waals surface area contributed by atoms with Gasteiger partial charge in [0.2, 0.25) is 0 Å². The molecule has 0 spiro atoms. The average Bonchev–Trinajstić information content (AvgIpc) is 3.13. The molecular weight excluding hydrogens is 222 g/mol. The molecule has 0 bridgehead atoms. The van der Waals surface area contributed by atoms with Crippen molar-refractivity contribution in [2.75, 3.05) is 6.61 Å². The third-order valence-electron chi connectivity index (χ3n) is 2.86. The molecule has 0 saturated carbocycles. The van der Waals surface area contributed by atoms with Crippen molar-refractivity contribution < 1.29 is 13.5 Å². The van der Waals surface area contributed by atoms with Crippen LogP contribution in [0.2, 0.25) is 0 Å². The first-order chi connectivity index (χ1) is 8.25. The Morgan fingerprint density at radius 3 is 2.47 bits per heavy atom. The van der Waals surface area contributed by atoms with Gasteiger partial charge in [0, 0.05) is 11.6 Å². The van der Waals surface area contributed by atoms with E-state index >= 15 is 0 Å². The van der Waals surface area contributed by atoms with Crippen molar-refractivity contribution in [3.05, 3.63) is 59.7 Å². The van der Waals surface area contributed by atoms with Crippen LogP contribution in [-0.4, -0.2) is 6.61 Å². The van der Waals surface area contributed by atoms with Gasteiger partial charge in [-0.3, -0.25) is 0 Å². The maximum absolute atomic E-state index is 13.7. The van der Waals surface area contributed by atoms with Crippen molar-refractivity contribution in [3.63, 3.8) is 0 Å². The number of rotatable bonds is 2. The van der Waals surface area contributed by atoms with Crippen LogP contribution in [0.3, 0.4) is 0 Å². The van der Waals surface area contributed by atoms with Gasteiger partial charge in [0.25, 0.3) is 0 Å². The molecule has 3 rings (SSSR count). The van der Waals surface area contributed by atoms with Crippen molar-refractivity contribution >= 4 is 0 Å². The van der Waals surface area contributed by atoms with Gasteiger partial charge in [-0.25, -0.2) is 8.78 Å². The molecule has 1 aliphatic heterocycles. The molecule has 1 saturated heterocycles. The van der Waals surface area contributed by atoms with Crippen LogP contribution in [0.25, 0.3) is 11.1 Å². The standard InChI is InChI=1S/C14H10F2O/c15-9-5-6-11(13(16)7-9)10-3-1-2-4-12(10)14-8-17-14/h1-7,14H,8H2. The summed E-state index contributed by atoms with van der Waals surface area (Å²) in [7, 11) is 0. The predicted molar refractivity (Wildman–Crippen MR) is 60.5 cm³/mol. The van der Waals surface area contributed by atoms with E-state index in [9.17, 15) is 8.78 Å². The van der Waals surface area contributed by atoms with Gasteiger partial charge in [0.05, 0.1) is 6.61 Å². The second-order valence-corrected chi connectivity index (χ2v) is 4.03. The van der Waals surface area contributed by atoms with Gasteiger partial charge in [0.1, 0.15) is 17.7 Å². The molecule has 0 aliphatic carbocycles. The van der Waals surface area contributed by atoms with Gasteiger partial charge in [-0.2, -0.15) is 0 Å². The Morgan fingerprint density at radius 2 is 1.76 bits per heavy atom. The lowest BCUT2D eigenvalue weighted by molar-refractivity contribution is 0.416. The molecule has 1 fully saturated rings. The van der Waals surface area contributed by atoms with Gasteiger partial charge < -0.3 is 4.74 Å². The Labute approximate surface area is 97.7 Å². The molecule has 1 aliphatic rings. The van der Waals surface area contributed by atoms with Crippen molar-refractivity contribution in [1.82, 2.24) is 0 Å². The number of hydrogen-bond donors (Lipinski definition) is 0. The zero-order chi connectivity index (χ0) is 11.8. The van der Waals surface area contributed by atoms with Crippen molar-refractivity contribution in [2.45, 2.75) is 6.10 Å². The van der Waals surface area contributed by atoms with Crippen molar-refractivity contribution in [1.29, 1.82) is 0 Å². The summed E-state index contributed by atoms with van der Waals surface area (Å²) in [4.78, 5) is 0. The third kappa shape index (κ3) is 1.94.